The van der Waals surface area contributed by atoms with Crippen molar-refractivity contribution in [2.75, 3.05) is 0 Å². The molecule has 0 aliphatic heterocycles. The highest BCUT2D eigenvalue weighted by molar-refractivity contribution is 5.42. The van der Waals surface area contributed by atoms with Crippen LogP contribution in [0.5, 0.6) is 11.5 Å². The SMILES string of the molecule is CCC(C)c1ccccc1Oc1cccc(C#N)c1. The van der Waals surface area contributed by atoms with Gasteiger partial charge in [0.15, 0.2) is 0 Å². The van der Waals surface area contributed by atoms with Crippen LogP contribution in [0.15, 0.2) is 48.5 Å². The van der Waals surface area contributed by atoms with Crippen LogP contribution in [-0.4, -0.2) is 0 Å². The van der Waals surface area contributed by atoms with Gasteiger partial charge in [-0.1, -0.05) is 38.1 Å². The van der Waals surface area contributed by atoms with Crippen molar-refractivity contribution in [2.45, 2.75) is 26.2 Å². The molecule has 1 unspecified atom stereocenters. The molecule has 0 fully saturated rings. The molecule has 0 radical (unpaired) electrons. The predicted octanol–water partition coefficient (Wildman–Crippen LogP) is 4.86. The molecule has 0 aliphatic carbocycles. The number of nitrogens with zero attached hydrogens (tertiary/aromatic N) is 1. The third-order valence-electron chi connectivity index (χ3n) is 3.25. The average molecular weight is 251 g/mol. The summed E-state index contributed by atoms with van der Waals surface area (Å²) in [5.41, 5.74) is 1.81. The van der Waals surface area contributed by atoms with Crippen LogP contribution in [0.25, 0.3) is 0 Å². The van der Waals surface area contributed by atoms with E-state index in [0.29, 0.717) is 17.2 Å². The Balaban J connectivity index is 2.30. The van der Waals surface area contributed by atoms with E-state index >= 15 is 0 Å². The molecule has 0 spiro atoms. The number of rotatable bonds is 4. The topological polar surface area (TPSA) is 33.0 Å². The van der Waals surface area contributed by atoms with Gasteiger partial charge in [-0.25, -0.2) is 0 Å². The second kappa shape index (κ2) is 6.06. The fourth-order valence-electron chi connectivity index (χ4n) is 1.96. The maximum absolute atomic E-state index is 8.90. The lowest BCUT2D eigenvalue weighted by Gasteiger charge is -2.15. The fourth-order valence-corrected chi connectivity index (χ4v) is 1.96. The van der Waals surface area contributed by atoms with E-state index in [0.717, 1.165) is 12.2 Å². The van der Waals surface area contributed by atoms with Crippen molar-refractivity contribution in [2.24, 2.45) is 0 Å². The molecule has 1 atom stereocenters. The Kier molecular flexibility index (Phi) is 4.20. The zero-order chi connectivity index (χ0) is 13.7. The van der Waals surface area contributed by atoms with Gasteiger partial charge in [0.25, 0.3) is 0 Å². The largest absolute Gasteiger partial charge is 0.457 e. The number of hydrogen-bond donors (Lipinski definition) is 0. The Morgan fingerprint density at radius 2 is 1.95 bits per heavy atom. The number of para-hydroxylation sites is 1. The molecule has 0 N–H and O–H groups in total. The molecule has 2 rings (SSSR count). The second-order valence-corrected chi connectivity index (χ2v) is 4.59. The normalized spacial score (nSPS) is 11.6. The first-order valence-electron chi connectivity index (χ1n) is 6.51. The smallest absolute Gasteiger partial charge is 0.130 e. The summed E-state index contributed by atoms with van der Waals surface area (Å²) in [5, 5.41) is 8.90. The van der Waals surface area contributed by atoms with E-state index in [-0.39, 0.29) is 0 Å². The van der Waals surface area contributed by atoms with Crippen LogP contribution in [0.1, 0.15) is 37.3 Å². The lowest BCUT2D eigenvalue weighted by atomic mass is 9.98. The van der Waals surface area contributed by atoms with Crippen LogP contribution in [-0.2, 0) is 0 Å². The first-order chi connectivity index (χ1) is 9.24. The van der Waals surface area contributed by atoms with Crippen LogP contribution in [0.3, 0.4) is 0 Å². The molecule has 2 nitrogen and oxygen atoms in total. The standard InChI is InChI=1S/C17H17NO/c1-3-13(2)16-9-4-5-10-17(16)19-15-8-6-7-14(11-15)12-18/h4-11,13H,3H2,1-2H3. The van der Waals surface area contributed by atoms with Crippen molar-refractivity contribution in [3.63, 3.8) is 0 Å². The lowest BCUT2D eigenvalue weighted by molar-refractivity contribution is 0.470. The molecule has 0 aliphatic rings. The van der Waals surface area contributed by atoms with Crippen molar-refractivity contribution >= 4 is 0 Å². The Bertz CT molecular complexity index is 598. The van der Waals surface area contributed by atoms with Crippen LogP contribution in [0, 0.1) is 11.3 Å². The van der Waals surface area contributed by atoms with Crippen LogP contribution >= 0.6 is 0 Å². The van der Waals surface area contributed by atoms with Crippen LogP contribution < -0.4 is 4.74 Å². The van der Waals surface area contributed by atoms with Gasteiger partial charge in [0.2, 0.25) is 0 Å². The maximum Gasteiger partial charge on any atom is 0.130 e. The van der Waals surface area contributed by atoms with Gasteiger partial charge in [-0.05, 0) is 42.2 Å². The molecule has 0 saturated carbocycles. The number of nitriles is 1. The highest BCUT2D eigenvalue weighted by atomic mass is 16.5. The summed E-state index contributed by atoms with van der Waals surface area (Å²) in [6, 6.07) is 17.4. The van der Waals surface area contributed by atoms with E-state index in [9.17, 15) is 0 Å². The van der Waals surface area contributed by atoms with Gasteiger partial charge >= 0.3 is 0 Å². The molecule has 0 heterocycles. The third-order valence-corrected chi connectivity index (χ3v) is 3.25. The molecule has 2 aromatic carbocycles. The van der Waals surface area contributed by atoms with Crippen molar-refractivity contribution in [3.8, 4) is 17.6 Å². The van der Waals surface area contributed by atoms with Gasteiger partial charge in [-0.15, -0.1) is 0 Å². The fraction of sp³-hybridized carbons (Fsp3) is 0.235. The Morgan fingerprint density at radius 3 is 2.68 bits per heavy atom. The number of ether oxygens (including phenoxy) is 1. The number of hydrogen-bond acceptors (Lipinski definition) is 2. The summed E-state index contributed by atoms with van der Waals surface area (Å²) in [5.74, 6) is 2.03. The molecule has 0 aromatic heterocycles. The minimum Gasteiger partial charge on any atom is -0.457 e. The van der Waals surface area contributed by atoms with Crippen molar-refractivity contribution in [1.29, 1.82) is 5.26 Å². The molecular weight excluding hydrogens is 234 g/mol. The number of benzene rings is 2. The summed E-state index contributed by atoms with van der Waals surface area (Å²) < 4.78 is 5.92. The Morgan fingerprint density at radius 1 is 1.16 bits per heavy atom. The molecule has 0 amide bonds. The Labute approximate surface area is 114 Å². The molecule has 96 valence electrons. The highest BCUT2D eigenvalue weighted by Crippen LogP contribution is 2.32. The minimum atomic E-state index is 0.454. The molecular formula is C17H17NO. The molecule has 2 aromatic rings. The minimum absolute atomic E-state index is 0.454. The van der Waals surface area contributed by atoms with E-state index in [4.69, 9.17) is 10.00 Å². The molecule has 0 saturated heterocycles. The van der Waals surface area contributed by atoms with Gasteiger partial charge in [0, 0.05) is 0 Å². The average Bonchev–Trinajstić information content (AvgIpc) is 2.47. The van der Waals surface area contributed by atoms with Gasteiger partial charge in [0.05, 0.1) is 11.6 Å². The van der Waals surface area contributed by atoms with Crippen molar-refractivity contribution < 1.29 is 4.74 Å². The first kappa shape index (κ1) is 13.2. The van der Waals surface area contributed by atoms with Gasteiger partial charge in [0.1, 0.15) is 11.5 Å². The third kappa shape index (κ3) is 3.14. The summed E-state index contributed by atoms with van der Waals surface area (Å²) in [7, 11) is 0. The zero-order valence-corrected chi connectivity index (χ0v) is 11.3. The van der Waals surface area contributed by atoms with E-state index in [1.807, 2.05) is 30.3 Å². The maximum atomic E-state index is 8.90. The van der Waals surface area contributed by atoms with E-state index in [2.05, 4.69) is 26.0 Å². The summed E-state index contributed by atoms with van der Waals surface area (Å²) in [6.45, 7) is 4.35. The molecule has 19 heavy (non-hydrogen) atoms. The summed E-state index contributed by atoms with van der Waals surface area (Å²) in [4.78, 5) is 0. The van der Waals surface area contributed by atoms with Gasteiger partial charge in [-0.2, -0.15) is 5.26 Å². The predicted molar refractivity (Wildman–Crippen MR) is 76.4 cm³/mol. The van der Waals surface area contributed by atoms with Crippen LogP contribution in [0.4, 0.5) is 0 Å². The summed E-state index contributed by atoms with van der Waals surface area (Å²) >= 11 is 0. The highest BCUT2D eigenvalue weighted by Gasteiger charge is 2.10. The Hall–Kier alpha value is -2.27. The van der Waals surface area contributed by atoms with Crippen LogP contribution in [0.2, 0.25) is 0 Å². The second-order valence-electron chi connectivity index (χ2n) is 4.59. The van der Waals surface area contributed by atoms with Crippen molar-refractivity contribution in [1.82, 2.24) is 0 Å². The zero-order valence-electron chi connectivity index (χ0n) is 11.3. The van der Waals surface area contributed by atoms with Gasteiger partial charge in [-0.3, -0.25) is 0 Å². The monoisotopic (exact) mass is 251 g/mol. The van der Waals surface area contributed by atoms with Crippen molar-refractivity contribution in [3.05, 3.63) is 59.7 Å². The van der Waals surface area contributed by atoms with E-state index in [1.54, 1.807) is 12.1 Å². The first-order valence-corrected chi connectivity index (χ1v) is 6.51. The van der Waals surface area contributed by atoms with E-state index in [1.165, 1.54) is 5.56 Å². The van der Waals surface area contributed by atoms with E-state index < -0.39 is 0 Å². The van der Waals surface area contributed by atoms with Gasteiger partial charge < -0.3 is 4.74 Å². The molecule has 0 bridgehead atoms. The quantitative estimate of drug-likeness (QED) is 0.777. The molecule has 2 heteroatoms. The lowest BCUT2D eigenvalue weighted by Crippen LogP contribution is -1.96. The summed E-state index contributed by atoms with van der Waals surface area (Å²) in [6.07, 6.45) is 1.07.